The molecule has 0 aromatic heterocycles. The third-order valence-corrected chi connectivity index (χ3v) is 7.26. The van der Waals surface area contributed by atoms with Crippen molar-refractivity contribution in [2.24, 2.45) is 52.3 Å². The predicted molar refractivity (Wildman–Crippen MR) is 50.9 cm³/mol. The normalized spacial score (nSPS) is 89.3. The Labute approximate surface area is 80.1 Å². The average Bonchev–Trinajstić information content (AvgIpc) is 2.89. The first-order chi connectivity index (χ1) is 6.25. The van der Waals surface area contributed by atoms with Gasteiger partial charge in [-0.05, 0) is 52.3 Å². The molecule has 2 spiro atoms. The van der Waals surface area contributed by atoms with Crippen LogP contribution in [0, 0.1) is 52.3 Å². The van der Waals surface area contributed by atoms with Gasteiger partial charge in [0.2, 0.25) is 0 Å². The van der Waals surface area contributed by atoms with Crippen molar-refractivity contribution in [3.05, 3.63) is 0 Å². The summed E-state index contributed by atoms with van der Waals surface area (Å²) < 4.78 is 0. The number of fused-ring (bicyclic) bond motifs is 1. The van der Waals surface area contributed by atoms with Crippen molar-refractivity contribution in [1.29, 1.82) is 0 Å². The zero-order valence-electron chi connectivity index (χ0n) is 8.75. The lowest BCUT2D eigenvalue weighted by molar-refractivity contribution is 0.0559. The van der Waals surface area contributed by atoms with Gasteiger partial charge in [0.1, 0.15) is 0 Å². The molecule has 2 bridgehead atoms. The van der Waals surface area contributed by atoms with Crippen LogP contribution in [0.2, 0.25) is 0 Å². The lowest BCUT2D eigenvalue weighted by atomic mass is 9.63. The topological polar surface area (TPSA) is 0 Å². The molecule has 0 nitrogen and oxygen atoms in total. The molecule has 0 heteroatoms. The molecule has 70 valence electrons. The molecule has 0 radical (unpaired) electrons. The molecule has 0 aromatic rings. The fourth-order valence-corrected chi connectivity index (χ4v) is 6.96. The fourth-order valence-electron chi connectivity index (χ4n) is 6.96. The second-order valence-electron chi connectivity index (χ2n) is 6.64. The molecule has 0 N–H and O–H groups in total. The van der Waals surface area contributed by atoms with E-state index in [1.54, 1.807) is 0 Å². The van der Waals surface area contributed by atoms with Gasteiger partial charge < -0.3 is 0 Å². The predicted octanol–water partition coefficient (Wildman–Crippen LogP) is 2.79. The van der Waals surface area contributed by atoms with Crippen LogP contribution in [-0.2, 0) is 0 Å². The van der Waals surface area contributed by atoms with Gasteiger partial charge in [-0.2, -0.15) is 0 Å². The van der Waals surface area contributed by atoms with Crippen molar-refractivity contribution in [2.75, 3.05) is 0 Å². The summed E-state index contributed by atoms with van der Waals surface area (Å²) in [7, 11) is 0. The van der Waals surface area contributed by atoms with Crippen molar-refractivity contribution in [3.8, 4) is 0 Å². The lowest BCUT2D eigenvalue weighted by Crippen LogP contribution is -2.37. The SMILES string of the molecule is CCC1C2C13C(C)C(C)C1C4C1C423. The van der Waals surface area contributed by atoms with Crippen LogP contribution in [0.1, 0.15) is 27.2 Å². The van der Waals surface area contributed by atoms with Gasteiger partial charge in [-0.25, -0.2) is 0 Å². The Morgan fingerprint density at radius 3 is 2.38 bits per heavy atom. The summed E-state index contributed by atoms with van der Waals surface area (Å²) in [5, 5.41) is 0. The van der Waals surface area contributed by atoms with Crippen LogP contribution in [0.3, 0.4) is 0 Å². The smallest absolute Gasteiger partial charge is 0.0128 e. The Morgan fingerprint density at radius 2 is 1.77 bits per heavy atom. The molecular weight excluding hydrogens is 156 g/mol. The standard InChI is InChI=1S/C13H18/c1-4-7-11-12(7)6(3)5(2)8-9-10(8)13(9,11)12/h5-11H,4H2,1-3H3. The van der Waals surface area contributed by atoms with E-state index in [4.69, 9.17) is 0 Å². The molecule has 0 amide bonds. The highest BCUT2D eigenvalue weighted by Gasteiger charge is 3.14. The van der Waals surface area contributed by atoms with E-state index >= 15 is 0 Å². The average molecular weight is 174 g/mol. The molecule has 6 rings (SSSR count). The quantitative estimate of drug-likeness (QED) is 0.573. The van der Waals surface area contributed by atoms with Gasteiger partial charge in [-0.1, -0.05) is 27.2 Å². The summed E-state index contributed by atoms with van der Waals surface area (Å²) in [6, 6.07) is 0. The van der Waals surface area contributed by atoms with Crippen LogP contribution in [0.25, 0.3) is 0 Å². The van der Waals surface area contributed by atoms with Crippen LogP contribution in [-0.4, -0.2) is 0 Å². The fraction of sp³-hybridized carbons (Fsp3) is 1.00. The Hall–Kier alpha value is 0. The lowest BCUT2D eigenvalue weighted by Gasteiger charge is -2.41. The second-order valence-corrected chi connectivity index (χ2v) is 6.64. The minimum absolute atomic E-state index is 0.950. The van der Waals surface area contributed by atoms with E-state index in [2.05, 4.69) is 20.8 Å². The minimum Gasteiger partial charge on any atom is -0.0651 e. The molecule has 6 fully saturated rings. The summed E-state index contributed by atoms with van der Waals surface area (Å²) in [4.78, 5) is 0. The molecule has 0 aliphatic heterocycles. The Bertz CT molecular complexity index is 334. The zero-order chi connectivity index (χ0) is 8.75. The van der Waals surface area contributed by atoms with E-state index in [0.717, 1.165) is 22.7 Å². The number of rotatable bonds is 1. The third-order valence-electron chi connectivity index (χ3n) is 7.26. The van der Waals surface area contributed by atoms with Gasteiger partial charge in [-0.15, -0.1) is 0 Å². The maximum atomic E-state index is 2.57. The molecule has 7 unspecified atom stereocenters. The molecule has 0 aromatic carbocycles. The van der Waals surface area contributed by atoms with Crippen molar-refractivity contribution in [2.45, 2.75) is 27.2 Å². The highest BCUT2D eigenvalue weighted by atomic mass is 15.2. The van der Waals surface area contributed by atoms with Crippen molar-refractivity contribution >= 4 is 0 Å². The van der Waals surface area contributed by atoms with E-state index in [1.165, 1.54) is 36.0 Å². The van der Waals surface area contributed by atoms with E-state index < -0.39 is 0 Å². The third kappa shape index (κ3) is 0.302. The van der Waals surface area contributed by atoms with Crippen LogP contribution in [0.15, 0.2) is 0 Å². The molecule has 6 aliphatic carbocycles. The van der Waals surface area contributed by atoms with E-state index in [1.807, 2.05) is 0 Å². The number of hydrogen-bond donors (Lipinski definition) is 0. The molecule has 6 saturated carbocycles. The Balaban J connectivity index is 1.64. The first-order valence-electron chi connectivity index (χ1n) is 6.25. The first kappa shape index (κ1) is 6.48. The first-order valence-corrected chi connectivity index (χ1v) is 6.25. The molecule has 6 aliphatic rings. The van der Waals surface area contributed by atoms with Crippen LogP contribution in [0.5, 0.6) is 0 Å². The van der Waals surface area contributed by atoms with Crippen LogP contribution < -0.4 is 0 Å². The van der Waals surface area contributed by atoms with Gasteiger partial charge in [-0.3, -0.25) is 0 Å². The monoisotopic (exact) mass is 174 g/mol. The summed E-state index contributed by atoms with van der Waals surface area (Å²) in [6.07, 6.45) is 1.48. The van der Waals surface area contributed by atoms with E-state index in [0.29, 0.717) is 0 Å². The second kappa shape index (κ2) is 1.26. The van der Waals surface area contributed by atoms with Gasteiger partial charge in [0, 0.05) is 0 Å². The van der Waals surface area contributed by atoms with E-state index in [9.17, 15) is 0 Å². The molecule has 0 saturated heterocycles. The molecular formula is C13H18. The van der Waals surface area contributed by atoms with E-state index in [-0.39, 0.29) is 0 Å². The summed E-state index contributed by atoms with van der Waals surface area (Å²) >= 11 is 0. The van der Waals surface area contributed by atoms with Gasteiger partial charge >= 0.3 is 0 Å². The highest BCUT2D eigenvalue weighted by molar-refractivity contribution is 5.60. The van der Waals surface area contributed by atoms with Crippen LogP contribution in [0.4, 0.5) is 0 Å². The molecule has 0 heterocycles. The van der Waals surface area contributed by atoms with Crippen LogP contribution >= 0.6 is 0 Å². The van der Waals surface area contributed by atoms with Crippen molar-refractivity contribution in [1.82, 2.24) is 0 Å². The summed E-state index contributed by atoms with van der Waals surface area (Å²) in [5.74, 6) is 8.35. The Kier molecular flexibility index (Phi) is 0.626. The maximum absolute atomic E-state index is 2.57. The summed E-state index contributed by atoms with van der Waals surface area (Å²) in [6.45, 7) is 7.52. The van der Waals surface area contributed by atoms with Crippen molar-refractivity contribution < 1.29 is 0 Å². The maximum Gasteiger partial charge on any atom is -0.0128 e. The summed E-state index contributed by atoms with van der Waals surface area (Å²) in [5.41, 5.74) is 1.98. The highest BCUT2D eigenvalue weighted by Crippen LogP contribution is 3.16. The number of hydrogen-bond acceptors (Lipinski definition) is 0. The van der Waals surface area contributed by atoms with Gasteiger partial charge in [0.15, 0.2) is 0 Å². The van der Waals surface area contributed by atoms with Crippen molar-refractivity contribution in [3.63, 3.8) is 0 Å². The Morgan fingerprint density at radius 1 is 1.08 bits per heavy atom. The minimum atomic E-state index is 0.950. The molecule has 7 atom stereocenters. The van der Waals surface area contributed by atoms with Gasteiger partial charge in [0.05, 0.1) is 0 Å². The zero-order valence-corrected chi connectivity index (χ0v) is 8.75. The molecule has 13 heavy (non-hydrogen) atoms. The van der Waals surface area contributed by atoms with Gasteiger partial charge in [0.25, 0.3) is 0 Å². The largest absolute Gasteiger partial charge is 0.0651 e.